The number of carbonyl (C=O) groups excluding carboxylic acids is 3. The van der Waals surface area contributed by atoms with Crippen molar-refractivity contribution in [2.75, 3.05) is 7.11 Å². The van der Waals surface area contributed by atoms with Gasteiger partial charge in [-0.25, -0.2) is 4.79 Å². The van der Waals surface area contributed by atoms with Gasteiger partial charge in [0, 0.05) is 54.0 Å². The van der Waals surface area contributed by atoms with Gasteiger partial charge in [-0.15, -0.1) is 0 Å². The molecule has 2 amide bonds. The molecule has 69 valence electrons. The number of methoxy groups -OCH3 is 1. The van der Waals surface area contributed by atoms with Crippen LogP contribution in [-0.2, 0) is 14.3 Å². The summed E-state index contributed by atoms with van der Waals surface area (Å²) in [6.45, 7) is 0. The van der Waals surface area contributed by atoms with E-state index in [9.17, 15) is 14.4 Å². The predicted octanol–water partition coefficient (Wildman–Crippen LogP) is 0.0338. The molecule has 7 heteroatoms. The molecular formula is C6H8ClNNaO4. The van der Waals surface area contributed by atoms with Crippen LogP contribution in [0.1, 0.15) is 12.8 Å². The Bertz CT molecular complexity index is 195. The van der Waals surface area contributed by atoms with Gasteiger partial charge < -0.3 is 4.74 Å². The van der Waals surface area contributed by atoms with E-state index < -0.39 is 5.43 Å². The number of hydrogen-bond acceptors (Lipinski definition) is 4. The van der Waals surface area contributed by atoms with Gasteiger partial charge in [0.25, 0.3) is 0 Å². The minimum absolute atomic E-state index is 0. The number of rotatable bonds is 0. The number of nitrogens with one attached hydrogen (secondary N) is 1. The van der Waals surface area contributed by atoms with Crippen LogP contribution in [0.3, 0.4) is 0 Å². The summed E-state index contributed by atoms with van der Waals surface area (Å²) in [5.74, 6) is -0.296. The first-order valence-corrected chi connectivity index (χ1v) is 3.50. The fourth-order valence-electron chi connectivity index (χ4n) is 0.508. The van der Waals surface area contributed by atoms with Crippen LogP contribution < -0.4 is 5.32 Å². The third kappa shape index (κ3) is 9.82. The molecule has 0 saturated carbocycles. The zero-order valence-electron chi connectivity index (χ0n) is 7.43. The summed E-state index contributed by atoms with van der Waals surface area (Å²) in [6.07, 6.45) is 0.748. The maximum absolute atomic E-state index is 10.1. The van der Waals surface area contributed by atoms with Crippen LogP contribution in [-0.4, -0.2) is 53.9 Å². The first kappa shape index (κ1) is 15.4. The van der Waals surface area contributed by atoms with Crippen molar-refractivity contribution in [3.8, 4) is 0 Å². The second-order valence-corrected chi connectivity index (χ2v) is 2.22. The standard InChI is InChI=1S/C4H5NO2.C2H3ClO2.Na/c6-3-1-2-4(7)5-3;1-5-2(3)4;/h1-2H2,(H,5,6,7);1H3;. The van der Waals surface area contributed by atoms with Crippen molar-refractivity contribution < 1.29 is 19.1 Å². The fraction of sp³-hybridized carbons (Fsp3) is 0.500. The minimum Gasteiger partial charge on any atom is -0.457 e. The number of ether oxygens (including phenoxy) is 1. The Morgan fingerprint density at radius 2 is 1.69 bits per heavy atom. The van der Waals surface area contributed by atoms with Crippen molar-refractivity contribution in [1.82, 2.24) is 5.32 Å². The molecule has 1 aliphatic heterocycles. The molecule has 0 bridgehead atoms. The molecule has 0 aromatic carbocycles. The molecule has 1 heterocycles. The van der Waals surface area contributed by atoms with E-state index in [1.165, 1.54) is 7.11 Å². The van der Waals surface area contributed by atoms with Crippen LogP contribution in [0.2, 0.25) is 0 Å². The van der Waals surface area contributed by atoms with Gasteiger partial charge in [0.1, 0.15) is 0 Å². The van der Waals surface area contributed by atoms with E-state index in [1.54, 1.807) is 0 Å². The van der Waals surface area contributed by atoms with E-state index in [-0.39, 0.29) is 41.4 Å². The van der Waals surface area contributed by atoms with Crippen LogP contribution in [0, 0.1) is 0 Å². The Balaban J connectivity index is 0. The van der Waals surface area contributed by atoms with Gasteiger partial charge in [0.05, 0.1) is 7.11 Å². The van der Waals surface area contributed by atoms with Crippen molar-refractivity contribution in [1.29, 1.82) is 0 Å². The van der Waals surface area contributed by atoms with Gasteiger partial charge in [-0.1, -0.05) is 0 Å². The number of hydrogen-bond donors (Lipinski definition) is 1. The van der Waals surface area contributed by atoms with E-state index in [0.29, 0.717) is 12.8 Å². The number of amides is 2. The summed E-state index contributed by atoms with van der Waals surface area (Å²) >= 11 is 4.60. The molecule has 0 atom stereocenters. The van der Waals surface area contributed by atoms with E-state index in [0.717, 1.165) is 0 Å². The third-order valence-electron chi connectivity index (χ3n) is 1.02. The van der Waals surface area contributed by atoms with E-state index in [2.05, 4.69) is 21.7 Å². The van der Waals surface area contributed by atoms with Gasteiger partial charge in [0.15, 0.2) is 0 Å². The van der Waals surface area contributed by atoms with Crippen molar-refractivity contribution in [3.63, 3.8) is 0 Å². The van der Waals surface area contributed by atoms with Crippen LogP contribution in [0.25, 0.3) is 0 Å². The first-order valence-electron chi connectivity index (χ1n) is 3.12. The van der Waals surface area contributed by atoms with Crippen LogP contribution >= 0.6 is 11.6 Å². The average molecular weight is 217 g/mol. The Hall–Kier alpha value is -0.100. The molecule has 0 aromatic heterocycles. The summed E-state index contributed by atoms with van der Waals surface area (Å²) in [5, 5.41) is 2.14. The average Bonchev–Trinajstić information content (AvgIpc) is 2.36. The Labute approximate surface area is 102 Å². The first-order chi connectivity index (χ1) is 5.56. The molecule has 1 fully saturated rings. The van der Waals surface area contributed by atoms with Gasteiger partial charge in [-0.2, -0.15) is 0 Å². The Kier molecular flexibility index (Phi) is 10.0. The molecule has 5 nitrogen and oxygen atoms in total. The molecule has 0 spiro atoms. The monoisotopic (exact) mass is 216 g/mol. The normalized spacial score (nSPS) is 13.4. The van der Waals surface area contributed by atoms with Crippen molar-refractivity contribution in [2.45, 2.75) is 12.8 Å². The quantitative estimate of drug-likeness (QED) is 0.352. The molecule has 1 aliphatic rings. The Morgan fingerprint density at radius 3 is 1.77 bits per heavy atom. The van der Waals surface area contributed by atoms with Crippen LogP contribution in [0.15, 0.2) is 0 Å². The van der Waals surface area contributed by atoms with Crippen molar-refractivity contribution in [2.24, 2.45) is 0 Å². The fourth-order valence-corrected chi connectivity index (χ4v) is 0.508. The maximum atomic E-state index is 10.1. The van der Waals surface area contributed by atoms with Crippen LogP contribution in [0.5, 0.6) is 0 Å². The smallest absolute Gasteiger partial charge is 0.403 e. The molecular weight excluding hydrogens is 209 g/mol. The molecule has 1 radical (unpaired) electrons. The molecule has 1 N–H and O–H groups in total. The number of imide groups is 1. The van der Waals surface area contributed by atoms with Gasteiger partial charge in [0.2, 0.25) is 11.8 Å². The van der Waals surface area contributed by atoms with Gasteiger partial charge in [-0.3, -0.25) is 14.9 Å². The SMILES string of the molecule is COC(=O)Cl.O=C1CCC(=O)N1.[Na]. The molecule has 1 saturated heterocycles. The van der Waals surface area contributed by atoms with E-state index >= 15 is 0 Å². The molecule has 0 aliphatic carbocycles. The largest absolute Gasteiger partial charge is 0.457 e. The molecule has 1 rings (SSSR count). The van der Waals surface area contributed by atoms with E-state index in [4.69, 9.17) is 0 Å². The summed E-state index contributed by atoms with van der Waals surface area (Å²) in [6, 6.07) is 0. The van der Waals surface area contributed by atoms with Gasteiger partial charge >= 0.3 is 5.43 Å². The second-order valence-electron chi connectivity index (χ2n) is 1.91. The zero-order chi connectivity index (χ0) is 9.56. The topological polar surface area (TPSA) is 72.5 Å². The number of halogens is 1. The Morgan fingerprint density at radius 1 is 1.38 bits per heavy atom. The summed E-state index contributed by atoms with van der Waals surface area (Å²) in [4.78, 5) is 29.6. The minimum atomic E-state index is -0.773. The summed E-state index contributed by atoms with van der Waals surface area (Å²) in [5.41, 5.74) is -0.773. The zero-order valence-corrected chi connectivity index (χ0v) is 10.2. The number of carbonyl (C=O) groups is 3. The van der Waals surface area contributed by atoms with Crippen molar-refractivity contribution >= 4 is 58.4 Å². The molecule has 0 aromatic rings. The van der Waals surface area contributed by atoms with Gasteiger partial charge in [-0.05, 0) is 0 Å². The third-order valence-corrected chi connectivity index (χ3v) is 1.17. The van der Waals surface area contributed by atoms with E-state index in [1.807, 2.05) is 0 Å². The van der Waals surface area contributed by atoms with Crippen LogP contribution in [0.4, 0.5) is 4.79 Å². The molecule has 13 heavy (non-hydrogen) atoms. The molecule has 0 unspecified atom stereocenters. The maximum Gasteiger partial charge on any atom is 0.403 e. The summed E-state index contributed by atoms with van der Waals surface area (Å²) < 4.78 is 3.88. The predicted molar refractivity (Wildman–Crippen MR) is 46.4 cm³/mol. The van der Waals surface area contributed by atoms with Crippen molar-refractivity contribution in [3.05, 3.63) is 0 Å². The second kappa shape index (κ2) is 8.50. The summed E-state index contributed by atoms with van der Waals surface area (Å²) in [7, 11) is 1.22.